The van der Waals surface area contributed by atoms with Crippen LogP contribution in [-0.2, 0) is 9.84 Å². The summed E-state index contributed by atoms with van der Waals surface area (Å²) in [6.45, 7) is 1.50. The van der Waals surface area contributed by atoms with E-state index < -0.39 is 9.84 Å². The third-order valence-corrected chi connectivity index (χ3v) is 3.42. The van der Waals surface area contributed by atoms with Crippen molar-refractivity contribution in [2.75, 3.05) is 11.5 Å². The third kappa shape index (κ3) is 1.67. The smallest absolute Gasteiger partial charge is 0.197 e. The molecule has 5 nitrogen and oxygen atoms in total. The van der Waals surface area contributed by atoms with Gasteiger partial charge in [0.25, 0.3) is 0 Å². The second-order valence-electron chi connectivity index (χ2n) is 2.59. The van der Waals surface area contributed by atoms with Gasteiger partial charge in [0.15, 0.2) is 14.9 Å². The van der Waals surface area contributed by atoms with Gasteiger partial charge in [0.05, 0.1) is 17.0 Å². The monoisotopic (exact) mass is 211 g/mol. The Morgan fingerprint density at radius 1 is 1.64 bits per heavy atom. The minimum absolute atomic E-state index is 0.0724. The van der Waals surface area contributed by atoms with E-state index in [1.165, 1.54) is 19.2 Å². The Labute approximate surface area is 82.1 Å². The Bertz CT molecular complexity index is 488. The lowest BCUT2D eigenvalue weighted by Gasteiger charge is -2.04. The number of nitriles is 1. The topological polar surface area (TPSA) is 96.8 Å². The summed E-state index contributed by atoms with van der Waals surface area (Å²) in [7, 11) is -3.45. The van der Waals surface area contributed by atoms with Crippen LogP contribution in [0.5, 0.6) is 0 Å². The quantitative estimate of drug-likeness (QED) is 0.760. The number of hydrogen-bond acceptors (Lipinski definition) is 5. The van der Waals surface area contributed by atoms with E-state index in [4.69, 9.17) is 11.0 Å². The van der Waals surface area contributed by atoms with Gasteiger partial charge in [-0.05, 0) is 6.07 Å². The van der Waals surface area contributed by atoms with E-state index in [0.717, 1.165) is 0 Å². The molecule has 0 bridgehead atoms. The summed E-state index contributed by atoms with van der Waals surface area (Å²) in [5, 5.41) is 8.42. The lowest BCUT2D eigenvalue weighted by Crippen LogP contribution is -2.10. The Morgan fingerprint density at radius 3 is 2.79 bits per heavy atom. The first-order valence-corrected chi connectivity index (χ1v) is 5.55. The van der Waals surface area contributed by atoms with Gasteiger partial charge in [-0.2, -0.15) is 5.26 Å². The number of sulfone groups is 1. The van der Waals surface area contributed by atoms with Gasteiger partial charge >= 0.3 is 0 Å². The van der Waals surface area contributed by atoms with Crippen molar-refractivity contribution in [3.8, 4) is 6.07 Å². The number of pyridine rings is 1. The van der Waals surface area contributed by atoms with Gasteiger partial charge in [-0.15, -0.1) is 0 Å². The maximum atomic E-state index is 11.4. The molecule has 1 aromatic rings. The molecule has 0 aromatic carbocycles. The van der Waals surface area contributed by atoms with Crippen molar-refractivity contribution < 1.29 is 8.42 Å². The fourth-order valence-corrected chi connectivity index (χ4v) is 1.88. The van der Waals surface area contributed by atoms with Crippen molar-refractivity contribution in [1.29, 1.82) is 5.26 Å². The third-order valence-electron chi connectivity index (χ3n) is 1.75. The highest BCUT2D eigenvalue weighted by Gasteiger charge is 2.18. The fourth-order valence-electron chi connectivity index (χ4n) is 0.936. The minimum Gasteiger partial charge on any atom is -0.395 e. The highest BCUT2D eigenvalue weighted by atomic mass is 32.2. The number of aromatic nitrogens is 1. The molecule has 0 fully saturated rings. The predicted molar refractivity (Wildman–Crippen MR) is 51.1 cm³/mol. The van der Waals surface area contributed by atoms with Crippen molar-refractivity contribution in [3.05, 3.63) is 17.8 Å². The van der Waals surface area contributed by atoms with Crippen LogP contribution in [0.2, 0.25) is 0 Å². The van der Waals surface area contributed by atoms with Gasteiger partial charge in [0.1, 0.15) is 6.07 Å². The normalized spacial score (nSPS) is 10.9. The number of nitrogens with zero attached hydrogens (tertiary/aromatic N) is 2. The summed E-state index contributed by atoms with van der Waals surface area (Å²) in [4.78, 5) is 3.67. The SMILES string of the molecule is CCS(=O)(=O)c1nccc(C#N)c1N. The van der Waals surface area contributed by atoms with E-state index in [2.05, 4.69) is 4.98 Å². The van der Waals surface area contributed by atoms with E-state index in [9.17, 15) is 8.42 Å². The van der Waals surface area contributed by atoms with Crippen molar-refractivity contribution in [2.45, 2.75) is 11.9 Å². The van der Waals surface area contributed by atoms with Crippen molar-refractivity contribution in [1.82, 2.24) is 4.98 Å². The van der Waals surface area contributed by atoms with E-state index in [1.807, 2.05) is 0 Å². The first kappa shape index (κ1) is 10.5. The second-order valence-corrected chi connectivity index (χ2v) is 4.79. The van der Waals surface area contributed by atoms with Gasteiger partial charge in [-0.25, -0.2) is 13.4 Å². The minimum atomic E-state index is -3.45. The Hall–Kier alpha value is -1.61. The zero-order valence-electron chi connectivity index (χ0n) is 7.56. The Kier molecular flexibility index (Phi) is 2.72. The second kappa shape index (κ2) is 3.64. The standard InChI is InChI=1S/C8H9N3O2S/c1-2-14(12,13)8-7(10)6(5-9)3-4-11-8/h3-4H,2,10H2,1H3. The van der Waals surface area contributed by atoms with Crippen LogP contribution in [-0.4, -0.2) is 19.2 Å². The molecule has 1 rings (SSSR count). The van der Waals surface area contributed by atoms with Gasteiger partial charge in [-0.1, -0.05) is 6.92 Å². The summed E-state index contributed by atoms with van der Waals surface area (Å²) >= 11 is 0. The van der Waals surface area contributed by atoms with E-state index in [0.29, 0.717) is 0 Å². The zero-order valence-corrected chi connectivity index (χ0v) is 8.37. The van der Waals surface area contributed by atoms with Crippen LogP contribution in [0, 0.1) is 11.3 Å². The van der Waals surface area contributed by atoms with Gasteiger partial charge < -0.3 is 5.73 Å². The maximum Gasteiger partial charge on any atom is 0.197 e. The molecule has 1 heterocycles. The molecule has 0 aliphatic heterocycles. The van der Waals surface area contributed by atoms with Crippen LogP contribution >= 0.6 is 0 Å². The van der Waals surface area contributed by atoms with Crippen LogP contribution < -0.4 is 5.73 Å². The van der Waals surface area contributed by atoms with Crippen molar-refractivity contribution in [3.63, 3.8) is 0 Å². The van der Waals surface area contributed by atoms with Crippen molar-refractivity contribution >= 4 is 15.5 Å². The first-order chi connectivity index (χ1) is 6.53. The molecule has 0 unspecified atom stereocenters. The average Bonchev–Trinajstić information content (AvgIpc) is 2.18. The summed E-state index contributed by atoms with van der Waals surface area (Å²) in [6.07, 6.45) is 1.26. The number of rotatable bonds is 2. The number of nitrogens with two attached hydrogens (primary N) is 1. The summed E-state index contributed by atoms with van der Waals surface area (Å²) < 4.78 is 22.9. The molecule has 6 heteroatoms. The van der Waals surface area contributed by atoms with Gasteiger partial charge in [0.2, 0.25) is 0 Å². The maximum absolute atomic E-state index is 11.4. The van der Waals surface area contributed by atoms with E-state index >= 15 is 0 Å². The summed E-state index contributed by atoms with van der Waals surface area (Å²) in [5.41, 5.74) is 5.55. The van der Waals surface area contributed by atoms with Crippen LogP contribution in [0.15, 0.2) is 17.3 Å². The molecule has 0 aliphatic carbocycles. The molecule has 14 heavy (non-hydrogen) atoms. The van der Waals surface area contributed by atoms with Crippen LogP contribution in [0.1, 0.15) is 12.5 Å². The molecule has 0 aliphatic rings. The lowest BCUT2D eigenvalue weighted by atomic mass is 10.2. The van der Waals surface area contributed by atoms with Crippen LogP contribution in [0.3, 0.4) is 0 Å². The number of anilines is 1. The van der Waals surface area contributed by atoms with Crippen LogP contribution in [0.4, 0.5) is 5.69 Å². The zero-order chi connectivity index (χ0) is 10.8. The molecular formula is C8H9N3O2S. The number of nitrogen functional groups attached to an aromatic ring is 1. The molecule has 0 saturated carbocycles. The molecule has 0 atom stereocenters. The molecular weight excluding hydrogens is 202 g/mol. The molecule has 2 N–H and O–H groups in total. The lowest BCUT2D eigenvalue weighted by molar-refractivity contribution is 0.594. The fraction of sp³-hybridized carbons (Fsp3) is 0.250. The predicted octanol–water partition coefficient (Wildman–Crippen LogP) is 0.329. The summed E-state index contributed by atoms with van der Waals surface area (Å²) in [6, 6.07) is 3.18. The molecule has 1 aromatic heterocycles. The molecule has 0 saturated heterocycles. The average molecular weight is 211 g/mol. The Balaban J connectivity index is 3.47. The highest BCUT2D eigenvalue weighted by molar-refractivity contribution is 7.91. The highest BCUT2D eigenvalue weighted by Crippen LogP contribution is 2.19. The molecule has 0 radical (unpaired) electrons. The van der Waals surface area contributed by atoms with E-state index in [1.54, 1.807) is 6.07 Å². The van der Waals surface area contributed by atoms with Crippen molar-refractivity contribution in [2.24, 2.45) is 0 Å². The van der Waals surface area contributed by atoms with Gasteiger partial charge in [0, 0.05) is 6.20 Å². The molecule has 0 spiro atoms. The Morgan fingerprint density at radius 2 is 2.29 bits per heavy atom. The summed E-state index contributed by atoms with van der Waals surface area (Å²) in [5.74, 6) is -0.0842. The van der Waals surface area contributed by atoms with Gasteiger partial charge in [-0.3, -0.25) is 0 Å². The van der Waals surface area contributed by atoms with Crippen LogP contribution in [0.25, 0.3) is 0 Å². The number of hydrogen-bond donors (Lipinski definition) is 1. The molecule has 74 valence electrons. The van der Waals surface area contributed by atoms with E-state index in [-0.39, 0.29) is 22.0 Å². The first-order valence-electron chi connectivity index (χ1n) is 3.90. The molecule has 0 amide bonds. The largest absolute Gasteiger partial charge is 0.395 e.